The fraction of sp³-hybridized carbons (Fsp3) is 0. The van der Waals surface area contributed by atoms with Crippen LogP contribution in [0.15, 0.2) is 66.7 Å². The van der Waals surface area contributed by atoms with Gasteiger partial charge in [-0.15, -0.1) is 0 Å². The van der Waals surface area contributed by atoms with E-state index in [-0.39, 0.29) is 23.0 Å². The molecule has 3 aromatic rings. The summed E-state index contributed by atoms with van der Waals surface area (Å²) in [7, 11) is 0. The molecule has 0 heterocycles. The lowest BCUT2D eigenvalue weighted by Gasteiger charge is -2.08. The Morgan fingerprint density at radius 2 is 1.17 bits per heavy atom. The van der Waals surface area contributed by atoms with E-state index in [0.717, 1.165) is 0 Å². The van der Waals surface area contributed by atoms with Gasteiger partial charge in [0.25, 0.3) is 0 Å². The van der Waals surface area contributed by atoms with Gasteiger partial charge >= 0.3 is 0 Å². The number of aromatic hydroxyl groups is 3. The molecule has 0 aliphatic heterocycles. The zero-order valence-electron chi connectivity index (χ0n) is 12.1. The van der Waals surface area contributed by atoms with Gasteiger partial charge in [-0.1, -0.05) is 12.1 Å². The van der Waals surface area contributed by atoms with Gasteiger partial charge in [0.1, 0.15) is 17.2 Å². The van der Waals surface area contributed by atoms with E-state index in [1.165, 1.54) is 30.3 Å². The van der Waals surface area contributed by atoms with Crippen LogP contribution in [0.1, 0.15) is 15.9 Å². The number of phenolic OH excluding ortho intramolecular Hbond substituents is 3. The summed E-state index contributed by atoms with van der Waals surface area (Å²) in [4.78, 5) is 12.5. The fourth-order valence-corrected chi connectivity index (χ4v) is 2.33. The standard InChI is InChI=1S/C19H14O4/c20-15-6-1-12(2-7-15)17-11-14(5-10-18(17)22)19(23)13-3-8-16(21)9-4-13/h1-11,20-22H. The molecular formula is C19H14O4. The van der Waals surface area contributed by atoms with Crippen LogP contribution in [-0.4, -0.2) is 21.1 Å². The van der Waals surface area contributed by atoms with E-state index in [1.54, 1.807) is 36.4 Å². The van der Waals surface area contributed by atoms with Crippen molar-refractivity contribution in [2.24, 2.45) is 0 Å². The molecule has 0 spiro atoms. The molecule has 0 amide bonds. The summed E-state index contributed by atoms with van der Waals surface area (Å²) in [6, 6.07) is 17.0. The van der Waals surface area contributed by atoms with Crippen molar-refractivity contribution in [2.75, 3.05) is 0 Å². The summed E-state index contributed by atoms with van der Waals surface area (Å²) in [6.45, 7) is 0. The molecule has 0 aromatic heterocycles. The SMILES string of the molecule is O=C(c1ccc(O)cc1)c1ccc(O)c(-c2ccc(O)cc2)c1. The highest BCUT2D eigenvalue weighted by Crippen LogP contribution is 2.31. The first kappa shape index (κ1) is 14.7. The van der Waals surface area contributed by atoms with Crippen molar-refractivity contribution in [1.29, 1.82) is 0 Å². The summed E-state index contributed by atoms with van der Waals surface area (Å²) < 4.78 is 0. The van der Waals surface area contributed by atoms with Crippen LogP contribution in [0.4, 0.5) is 0 Å². The van der Waals surface area contributed by atoms with Gasteiger partial charge in [-0.05, 0) is 60.2 Å². The molecule has 4 nitrogen and oxygen atoms in total. The number of ketones is 1. The summed E-state index contributed by atoms with van der Waals surface area (Å²) in [5.74, 6) is 0.0737. The van der Waals surface area contributed by atoms with Crippen molar-refractivity contribution in [1.82, 2.24) is 0 Å². The molecule has 3 N–H and O–H groups in total. The minimum Gasteiger partial charge on any atom is -0.508 e. The van der Waals surface area contributed by atoms with Crippen LogP contribution in [-0.2, 0) is 0 Å². The van der Waals surface area contributed by atoms with E-state index in [4.69, 9.17) is 0 Å². The van der Waals surface area contributed by atoms with Crippen molar-refractivity contribution >= 4 is 5.78 Å². The third-order valence-corrected chi connectivity index (χ3v) is 3.57. The molecule has 4 heteroatoms. The van der Waals surface area contributed by atoms with Crippen LogP contribution in [0.5, 0.6) is 17.2 Å². The Hall–Kier alpha value is -3.27. The normalized spacial score (nSPS) is 10.4. The second-order valence-electron chi connectivity index (χ2n) is 5.15. The largest absolute Gasteiger partial charge is 0.508 e. The quantitative estimate of drug-likeness (QED) is 0.645. The summed E-state index contributed by atoms with van der Waals surface area (Å²) >= 11 is 0. The molecule has 0 saturated carbocycles. The smallest absolute Gasteiger partial charge is 0.193 e. The molecule has 114 valence electrons. The number of rotatable bonds is 3. The zero-order valence-corrected chi connectivity index (χ0v) is 12.1. The highest BCUT2D eigenvalue weighted by atomic mass is 16.3. The summed E-state index contributed by atoms with van der Waals surface area (Å²) in [6.07, 6.45) is 0. The van der Waals surface area contributed by atoms with Crippen molar-refractivity contribution < 1.29 is 20.1 Å². The third kappa shape index (κ3) is 3.01. The highest BCUT2D eigenvalue weighted by Gasteiger charge is 2.13. The number of carbonyl (C=O) groups excluding carboxylic acids is 1. The van der Waals surface area contributed by atoms with Crippen LogP contribution >= 0.6 is 0 Å². The Bertz CT molecular complexity index is 850. The Kier molecular flexibility index (Phi) is 3.73. The van der Waals surface area contributed by atoms with Crippen molar-refractivity contribution in [3.8, 4) is 28.4 Å². The van der Waals surface area contributed by atoms with E-state index in [1.807, 2.05) is 0 Å². The number of hydrogen-bond donors (Lipinski definition) is 3. The van der Waals surface area contributed by atoms with Gasteiger partial charge in [0.15, 0.2) is 5.78 Å². The molecule has 0 saturated heterocycles. The first-order valence-electron chi connectivity index (χ1n) is 7.01. The van der Waals surface area contributed by atoms with E-state index >= 15 is 0 Å². The summed E-state index contributed by atoms with van der Waals surface area (Å²) in [5, 5.41) is 28.7. The van der Waals surface area contributed by atoms with Gasteiger partial charge in [0.05, 0.1) is 0 Å². The molecule has 0 bridgehead atoms. The second-order valence-corrected chi connectivity index (χ2v) is 5.15. The molecule has 23 heavy (non-hydrogen) atoms. The first-order valence-corrected chi connectivity index (χ1v) is 7.01. The van der Waals surface area contributed by atoms with E-state index in [0.29, 0.717) is 22.3 Å². The maximum atomic E-state index is 12.5. The average Bonchev–Trinajstić information content (AvgIpc) is 2.56. The third-order valence-electron chi connectivity index (χ3n) is 3.57. The predicted octanol–water partition coefficient (Wildman–Crippen LogP) is 3.70. The minimum atomic E-state index is -0.204. The molecule has 0 radical (unpaired) electrons. The summed E-state index contributed by atoms with van der Waals surface area (Å²) in [5.41, 5.74) is 2.08. The van der Waals surface area contributed by atoms with Gasteiger partial charge < -0.3 is 15.3 Å². The molecule has 0 atom stereocenters. The second kappa shape index (κ2) is 5.85. The van der Waals surface area contributed by atoms with Crippen molar-refractivity contribution in [3.05, 3.63) is 77.9 Å². The Labute approximate surface area is 132 Å². The van der Waals surface area contributed by atoms with Gasteiger partial charge in [0.2, 0.25) is 0 Å². The number of phenols is 3. The van der Waals surface area contributed by atoms with Gasteiger partial charge in [-0.2, -0.15) is 0 Å². The molecule has 0 fully saturated rings. The van der Waals surface area contributed by atoms with Crippen LogP contribution in [0.2, 0.25) is 0 Å². The van der Waals surface area contributed by atoms with Crippen LogP contribution < -0.4 is 0 Å². The van der Waals surface area contributed by atoms with Crippen LogP contribution in [0.25, 0.3) is 11.1 Å². The highest BCUT2D eigenvalue weighted by molar-refractivity contribution is 6.09. The molecular weight excluding hydrogens is 292 g/mol. The Morgan fingerprint density at radius 1 is 0.652 bits per heavy atom. The van der Waals surface area contributed by atoms with Gasteiger partial charge in [0, 0.05) is 16.7 Å². The number of hydrogen-bond acceptors (Lipinski definition) is 4. The van der Waals surface area contributed by atoms with Gasteiger partial charge in [-0.25, -0.2) is 0 Å². The predicted molar refractivity (Wildman–Crippen MR) is 86.7 cm³/mol. The topological polar surface area (TPSA) is 77.8 Å². The lowest BCUT2D eigenvalue weighted by atomic mass is 9.97. The Balaban J connectivity index is 2.01. The van der Waals surface area contributed by atoms with Crippen molar-refractivity contribution in [3.63, 3.8) is 0 Å². The zero-order chi connectivity index (χ0) is 16.4. The number of benzene rings is 3. The van der Waals surface area contributed by atoms with E-state index in [2.05, 4.69) is 0 Å². The van der Waals surface area contributed by atoms with Crippen molar-refractivity contribution in [2.45, 2.75) is 0 Å². The van der Waals surface area contributed by atoms with Crippen LogP contribution in [0.3, 0.4) is 0 Å². The maximum Gasteiger partial charge on any atom is 0.193 e. The first-order chi connectivity index (χ1) is 11.0. The maximum absolute atomic E-state index is 12.5. The van der Waals surface area contributed by atoms with Crippen LogP contribution in [0, 0.1) is 0 Å². The van der Waals surface area contributed by atoms with E-state index in [9.17, 15) is 20.1 Å². The minimum absolute atomic E-state index is 0.0537. The van der Waals surface area contributed by atoms with Gasteiger partial charge in [-0.3, -0.25) is 4.79 Å². The molecule has 3 aromatic carbocycles. The molecule has 0 aliphatic carbocycles. The number of carbonyl (C=O) groups is 1. The van der Waals surface area contributed by atoms with E-state index < -0.39 is 0 Å². The molecule has 0 aliphatic rings. The Morgan fingerprint density at radius 3 is 1.78 bits per heavy atom. The lowest BCUT2D eigenvalue weighted by molar-refractivity contribution is 0.103. The monoisotopic (exact) mass is 306 g/mol. The molecule has 3 rings (SSSR count). The molecule has 0 unspecified atom stereocenters. The average molecular weight is 306 g/mol. The lowest BCUT2D eigenvalue weighted by Crippen LogP contribution is -2.01. The fourth-order valence-electron chi connectivity index (χ4n) is 2.33.